The van der Waals surface area contributed by atoms with Crippen LogP contribution in [-0.4, -0.2) is 28.0 Å². The molecule has 1 fully saturated rings. The Morgan fingerprint density at radius 1 is 1.17 bits per heavy atom. The number of fused-ring (bicyclic) bond motifs is 1. The molecule has 1 saturated heterocycles. The number of benzene rings is 1. The number of piperidine rings is 1. The fraction of sp³-hybridized carbons (Fsp3) is 0.350. The average molecular weight is 305 g/mol. The number of nitrogens with one attached hydrogen (secondary N) is 1. The first-order valence-electron chi connectivity index (χ1n) is 8.49. The molecule has 23 heavy (non-hydrogen) atoms. The number of likely N-dealkylation sites (tertiary alicyclic amines) is 1. The first kappa shape index (κ1) is 14.5. The number of hydrogen-bond acceptors (Lipinski definition) is 2. The minimum Gasteiger partial charge on any atom is -0.360 e. The minimum atomic E-state index is 0.632. The largest absolute Gasteiger partial charge is 0.360 e. The van der Waals surface area contributed by atoms with Crippen LogP contribution in [0.1, 0.15) is 35.4 Å². The molecule has 0 unspecified atom stereocenters. The maximum Gasteiger partial charge on any atom is 0.0913 e. The Bertz CT molecular complexity index is 797. The lowest BCUT2D eigenvalue weighted by molar-refractivity contribution is 0.205. The standard InChI is InChI=1S/C20H23N3/c1-15-4-2-5-16(12-15)14-23-10-7-17(8-11-23)18-13-22-19-6-3-9-21-20(18)19/h2-6,9,12-13,17,22H,7-8,10-11,14H2,1H3. The van der Waals surface area contributed by atoms with Crippen molar-refractivity contribution in [1.82, 2.24) is 14.9 Å². The molecule has 0 atom stereocenters. The third kappa shape index (κ3) is 3.02. The Morgan fingerprint density at radius 3 is 2.87 bits per heavy atom. The van der Waals surface area contributed by atoms with Gasteiger partial charge in [-0.05, 0) is 62.0 Å². The molecule has 3 aromatic rings. The van der Waals surface area contributed by atoms with E-state index in [4.69, 9.17) is 0 Å². The van der Waals surface area contributed by atoms with Gasteiger partial charge in [-0.25, -0.2) is 0 Å². The van der Waals surface area contributed by atoms with E-state index in [-0.39, 0.29) is 0 Å². The van der Waals surface area contributed by atoms with E-state index in [9.17, 15) is 0 Å². The summed E-state index contributed by atoms with van der Waals surface area (Å²) >= 11 is 0. The average Bonchev–Trinajstić information content (AvgIpc) is 3.00. The molecule has 3 heterocycles. The zero-order chi connectivity index (χ0) is 15.6. The summed E-state index contributed by atoms with van der Waals surface area (Å²) in [7, 11) is 0. The van der Waals surface area contributed by atoms with Crippen LogP contribution < -0.4 is 0 Å². The van der Waals surface area contributed by atoms with E-state index in [1.165, 1.54) is 29.5 Å². The number of aryl methyl sites for hydroxylation is 1. The van der Waals surface area contributed by atoms with Gasteiger partial charge in [0, 0.05) is 18.9 Å². The second-order valence-electron chi connectivity index (χ2n) is 6.68. The summed E-state index contributed by atoms with van der Waals surface area (Å²) in [4.78, 5) is 10.5. The molecule has 118 valence electrons. The molecule has 2 aromatic heterocycles. The number of aromatic amines is 1. The molecule has 4 rings (SSSR count). The Hall–Kier alpha value is -2.13. The predicted molar refractivity (Wildman–Crippen MR) is 94.5 cm³/mol. The van der Waals surface area contributed by atoms with Gasteiger partial charge in [0.25, 0.3) is 0 Å². The van der Waals surface area contributed by atoms with E-state index in [0.717, 1.165) is 30.7 Å². The van der Waals surface area contributed by atoms with Gasteiger partial charge < -0.3 is 4.98 Å². The molecular weight excluding hydrogens is 282 g/mol. The second kappa shape index (κ2) is 6.17. The Balaban J connectivity index is 1.43. The molecule has 3 nitrogen and oxygen atoms in total. The Kier molecular flexibility index (Phi) is 3.88. The Labute approximate surface area is 137 Å². The summed E-state index contributed by atoms with van der Waals surface area (Å²) in [5.74, 6) is 0.632. The van der Waals surface area contributed by atoms with Gasteiger partial charge in [0.2, 0.25) is 0 Å². The van der Waals surface area contributed by atoms with Crippen molar-refractivity contribution < 1.29 is 0 Å². The first-order chi connectivity index (χ1) is 11.3. The molecule has 1 aliphatic rings. The fourth-order valence-electron chi connectivity index (χ4n) is 3.76. The molecule has 0 bridgehead atoms. The van der Waals surface area contributed by atoms with Crippen LogP contribution in [-0.2, 0) is 6.54 Å². The van der Waals surface area contributed by atoms with Crippen molar-refractivity contribution >= 4 is 11.0 Å². The van der Waals surface area contributed by atoms with Gasteiger partial charge >= 0.3 is 0 Å². The summed E-state index contributed by atoms with van der Waals surface area (Å²) in [5, 5.41) is 0. The number of nitrogens with zero attached hydrogens (tertiary/aromatic N) is 2. The number of aromatic nitrogens is 2. The van der Waals surface area contributed by atoms with Crippen LogP contribution in [0.3, 0.4) is 0 Å². The van der Waals surface area contributed by atoms with E-state index in [1.807, 2.05) is 12.3 Å². The highest BCUT2D eigenvalue weighted by Gasteiger charge is 2.23. The number of pyridine rings is 1. The van der Waals surface area contributed by atoms with Crippen molar-refractivity contribution in [3.05, 3.63) is 65.5 Å². The van der Waals surface area contributed by atoms with Crippen molar-refractivity contribution in [2.75, 3.05) is 13.1 Å². The van der Waals surface area contributed by atoms with Gasteiger partial charge in [0.15, 0.2) is 0 Å². The SMILES string of the molecule is Cc1cccc(CN2CCC(c3c[nH]c4cccnc34)CC2)c1. The van der Waals surface area contributed by atoms with Crippen LogP contribution in [0.25, 0.3) is 11.0 Å². The fourth-order valence-corrected chi connectivity index (χ4v) is 3.76. The monoisotopic (exact) mass is 305 g/mol. The Morgan fingerprint density at radius 2 is 2.04 bits per heavy atom. The predicted octanol–water partition coefficient (Wildman–Crippen LogP) is 4.25. The van der Waals surface area contributed by atoms with Crippen molar-refractivity contribution in [2.24, 2.45) is 0 Å². The molecule has 1 aromatic carbocycles. The van der Waals surface area contributed by atoms with Crippen molar-refractivity contribution in [1.29, 1.82) is 0 Å². The summed E-state index contributed by atoms with van der Waals surface area (Å²) < 4.78 is 0. The van der Waals surface area contributed by atoms with Gasteiger partial charge in [0.1, 0.15) is 0 Å². The number of H-pyrrole nitrogens is 1. The summed E-state index contributed by atoms with van der Waals surface area (Å²) in [6, 6.07) is 13.0. The van der Waals surface area contributed by atoms with Crippen LogP contribution in [0.5, 0.6) is 0 Å². The molecule has 0 amide bonds. The topological polar surface area (TPSA) is 31.9 Å². The van der Waals surface area contributed by atoms with E-state index >= 15 is 0 Å². The maximum atomic E-state index is 4.57. The molecule has 0 saturated carbocycles. The normalized spacial score (nSPS) is 16.9. The summed E-state index contributed by atoms with van der Waals surface area (Å²) in [6.45, 7) is 5.57. The quantitative estimate of drug-likeness (QED) is 0.784. The van der Waals surface area contributed by atoms with Gasteiger partial charge in [-0.1, -0.05) is 29.8 Å². The molecule has 0 spiro atoms. The molecular formula is C20H23N3. The minimum absolute atomic E-state index is 0.632. The lowest BCUT2D eigenvalue weighted by Gasteiger charge is -2.31. The summed E-state index contributed by atoms with van der Waals surface area (Å²) in [6.07, 6.45) is 6.50. The molecule has 1 aliphatic heterocycles. The van der Waals surface area contributed by atoms with E-state index < -0.39 is 0 Å². The molecule has 0 aliphatic carbocycles. The number of hydrogen-bond donors (Lipinski definition) is 1. The van der Waals surface area contributed by atoms with Crippen LogP contribution in [0.4, 0.5) is 0 Å². The number of rotatable bonds is 3. The lowest BCUT2D eigenvalue weighted by Crippen LogP contribution is -2.32. The maximum absolute atomic E-state index is 4.57. The highest BCUT2D eigenvalue weighted by molar-refractivity contribution is 5.79. The van der Waals surface area contributed by atoms with Crippen molar-refractivity contribution in [2.45, 2.75) is 32.2 Å². The van der Waals surface area contributed by atoms with Crippen molar-refractivity contribution in [3.8, 4) is 0 Å². The lowest BCUT2D eigenvalue weighted by atomic mass is 9.90. The van der Waals surface area contributed by atoms with E-state index in [0.29, 0.717) is 5.92 Å². The van der Waals surface area contributed by atoms with Gasteiger partial charge in [-0.3, -0.25) is 9.88 Å². The zero-order valence-corrected chi connectivity index (χ0v) is 13.6. The van der Waals surface area contributed by atoms with Gasteiger partial charge in [-0.2, -0.15) is 0 Å². The van der Waals surface area contributed by atoms with Gasteiger partial charge in [0.05, 0.1) is 11.0 Å². The van der Waals surface area contributed by atoms with Crippen LogP contribution in [0, 0.1) is 6.92 Å². The van der Waals surface area contributed by atoms with Crippen LogP contribution in [0.15, 0.2) is 48.8 Å². The van der Waals surface area contributed by atoms with E-state index in [1.54, 1.807) is 0 Å². The highest BCUT2D eigenvalue weighted by Crippen LogP contribution is 2.32. The van der Waals surface area contributed by atoms with Gasteiger partial charge in [-0.15, -0.1) is 0 Å². The third-order valence-corrected chi connectivity index (χ3v) is 4.98. The van der Waals surface area contributed by atoms with Crippen LogP contribution >= 0.6 is 0 Å². The summed E-state index contributed by atoms with van der Waals surface area (Å²) in [5.41, 5.74) is 6.49. The smallest absolute Gasteiger partial charge is 0.0913 e. The molecule has 0 radical (unpaired) electrons. The third-order valence-electron chi connectivity index (χ3n) is 4.98. The second-order valence-corrected chi connectivity index (χ2v) is 6.68. The van der Waals surface area contributed by atoms with Crippen molar-refractivity contribution in [3.63, 3.8) is 0 Å². The first-order valence-corrected chi connectivity index (χ1v) is 8.49. The van der Waals surface area contributed by atoms with E-state index in [2.05, 4.69) is 58.3 Å². The zero-order valence-electron chi connectivity index (χ0n) is 13.6. The van der Waals surface area contributed by atoms with Crippen LogP contribution in [0.2, 0.25) is 0 Å². The molecule has 1 N–H and O–H groups in total. The highest BCUT2D eigenvalue weighted by atomic mass is 15.1. The molecule has 3 heteroatoms.